The Bertz CT molecular complexity index is 652. The fraction of sp³-hybridized carbons (Fsp3) is 0.267. The molecule has 5 nitrogen and oxygen atoms in total. The van der Waals surface area contributed by atoms with E-state index in [0.29, 0.717) is 18.5 Å². The molecule has 1 aromatic heterocycles. The molecular weight excluding hydrogens is 288 g/mol. The molecule has 1 amide bonds. The van der Waals surface area contributed by atoms with Gasteiger partial charge < -0.3 is 10.4 Å². The predicted molar refractivity (Wildman–Crippen MR) is 80.7 cm³/mol. The van der Waals surface area contributed by atoms with Crippen LogP contribution in [0.3, 0.4) is 0 Å². The van der Waals surface area contributed by atoms with Gasteiger partial charge in [-0.05, 0) is 18.6 Å². The van der Waals surface area contributed by atoms with Crippen LogP contribution in [0, 0.1) is 6.92 Å². The van der Waals surface area contributed by atoms with Gasteiger partial charge in [-0.2, -0.15) is 0 Å². The van der Waals surface area contributed by atoms with Crippen LogP contribution < -0.4 is 5.32 Å². The molecule has 1 heterocycles. The van der Waals surface area contributed by atoms with Crippen molar-refractivity contribution in [2.24, 2.45) is 0 Å². The van der Waals surface area contributed by atoms with Crippen molar-refractivity contribution in [3.8, 4) is 0 Å². The molecule has 0 saturated heterocycles. The van der Waals surface area contributed by atoms with E-state index in [1.807, 2.05) is 12.3 Å². The number of rotatable bonds is 6. The molecule has 110 valence electrons. The van der Waals surface area contributed by atoms with Gasteiger partial charge >= 0.3 is 5.97 Å². The molecule has 0 aliphatic heterocycles. The first-order valence-electron chi connectivity index (χ1n) is 6.55. The second kappa shape index (κ2) is 6.99. The van der Waals surface area contributed by atoms with E-state index >= 15 is 0 Å². The molecule has 2 N–H and O–H groups in total. The van der Waals surface area contributed by atoms with E-state index in [2.05, 4.69) is 10.3 Å². The number of carbonyl (C=O) groups excluding carboxylic acids is 1. The van der Waals surface area contributed by atoms with Crippen LogP contribution in [0.1, 0.15) is 26.6 Å². The standard InChI is InChI=1S/C15H16N2O3S/c1-10-17-12(9-21-10)6-7-16-14(18)8-11-4-2-3-5-13(11)15(19)20/h2-5,9H,6-8H2,1H3,(H,16,18)(H,19,20). The van der Waals surface area contributed by atoms with E-state index in [4.69, 9.17) is 5.11 Å². The summed E-state index contributed by atoms with van der Waals surface area (Å²) < 4.78 is 0. The minimum Gasteiger partial charge on any atom is -0.478 e. The lowest BCUT2D eigenvalue weighted by Crippen LogP contribution is -2.27. The average Bonchev–Trinajstić information content (AvgIpc) is 2.85. The van der Waals surface area contributed by atoms with Crippen LogP contribution >= 0.6 is 11.3 Å². The van der Waals surface area contributed by atoms with E-state index in [9.17, 15) is 9.59 Å². The molecular formula is C15H16N2O3S. The highest BCUT2D eigenvalue weighted by Gasteiger charge is 2.12. The Kier molecular flexibility index (Phi) is 5.05. The molecule has 0 aliphatic carbocycles. The van der Waals surface area contributed by atoms with Gasteiger partial charge in [0.2, 0.25) is 5.91 Å². The van der Waals surface area contributed by atoms with Crippen LogP contribution in [-0.2, 0) is 17.6 Å². The van der Waals surface area contributed by atoms with Crippen LogP contribution in [0.2, 0.25) is 0 Å². The number of carbonyl (C=O) groups is 2. The van der Waals surface area contributed by atoms with Crippen molar-refractivity contribution in [3.63, 3.8) is 0 Å². The van der Waals surface area contributed by atoms with Gasteiger partial charge in [0.15, 0.2) is 0 Å². The Morgan fingerprint density at radius 1 is 1.33 bits per heavy atom. The number of nitrogens with one attached hydrogen (secondary N) is 1. The van der Waals surface area contributed by atoms with Crippen LogP contribution in [0.25, 0.3) is 0 Å². The zero-order valence-electron chi connectivity index (χ0n) is 11.6. The van der Waals surface area contributed by atoms with Gasteiger partial charge in [0.05, 0.1) is 22.7 Å². The molecule has 0 bridgehead atoms. The third-order valence-electron chi connectivity index (χ3n) is 2.97. The molecule has 1 aromatic carbocycles. The van der Waals surface area contributed by atoms with Gasteiger partial charge in [-0.3, -0.25) is 4.79 Å². The number of aromatic carboxylic acids is 1. The van der Waals surface area contributed by atoms with Gasteiger partial charge in [0, 0.05) is 18.3 Å². The summed E-state index contributed by atoms with van der Waals surface area (Å²) in [5.41, 5.74) is 1.65. The molecule has 0 atom stereocenters. The molecule has 2 rings (SSSR count). The Hall–Kier alpha value is -2.21. The summed E-state index contributed by atoms with van der Waals surface area (Å²) in [7, 11) is 0. The maximum Gasteiger partial charge on any atom is 0.335 e. The normalized spacial score (nSPS) is 10.3. The van der Waals surface area contributed by atoms with Crippen molar-refractivity contribution >= 4 is 23.2 Å². The van der Waals surface area contributed by atoms with Gasteiger partial charge in [-0.1, -0.05) is 18.2 Å². The first-order chi connectivity index (χ1) is 10.1. The quantitative estimate of drug-likeness (QED) is 0.856. The Morgan fingerprint density at radius 3 is 2.76 bits per heavy atom. The Labute approximate surface area is 126 Å². The number of aromatic nitrogens is 1. The van der Waals surface area contributed by atoms with Crippen molar-refractivity contribution < 1.29 is 14.7 Å². The van der Waals surface area contributed by atoms with Gasteiger partial charge in [-0.25, -0.2) is 9.78 Å². The second-order valence-electron chi connectivity index (χ2n) is 4.60. The summed E-state index contributed by atoms with van der Waals surface area (Å²) in [6.45, 7) is 2.44. The molecule has 6 heteroatoms. The number of aryl methyl sites for hydroxylation is 1. The number of hydrogen-bond donors (Lipinski definition) is 2. The average molecular weight is 304 g/mol. The summed E-state index contributed by atoms with van der Waals surface area (Å²) in [4.78, 5) is 27.2. The van der Waals surface area contributed by atoms with E-state index in [0.717, 1.165) is 10.7 Å². The Morgan fingerprint density at radius 2 is 2.10 bits per heavy atom. The van der Waals surface area contributed by atoms with Crippen molar-refractivity contribution in [2.45, 2.75) is 19.8 Å². The highest BCUT2D eigenvalue weighted by molar-refractivity contribution is 7.09. The van der Waals surface area contributed by atoms with E-state index in [1.54, 1.807) is 29.5 Å². The first-order valence-corrected chi connectivity index (χ1v) is 7.43. The molecule has 0 spiro atoms. The monoisotopic (exact) mass is 304 g/mol. The van der Waals surface area contributed by atoms with Crippen LogP contribution in [-0.4, -0.2) is 28.5 Å². The summed E-state index contributed by atoms with van der Waals surface area (Å²) in [6, 6.07) is 6.54. The molecule has 0 saturated carbocycles. The van der Waals surface area contributed by atoms with Crippen molar-refractivity contribution in [1.82, 2.24) is 10.3 Å². The van der Waals surface area contributed by atoms with E-state index in [1.165, 1.54) is 6.07 Å². The molecule has 0 aliphatic rings. The number of benzene rings is 1. The number of hydrogen-bond acceptors (Lipinski definition) is 4. The van der Waals surface area contributed by atoms with Crippen molar-refractivity contribution in [1.29, 1.82) is 0 Å². The minimum absolute atomic E-state index is 0.0680. The zero-order valence-corrected chi connectivity index (χ0v) is 12.4. The van der Waals surface area contributed by atoms with Crippen LogP contribution in [0.5, 0.6) is 0 Å². The number of carboxylic acid groups (broad SMARTS) is 1. The smallest absolute Gasteiger partial charge is 0.335 e. The van der Waals surface area contributed by atoms with E-state index in [-0.39, 0.29) is 17.9 Å². The number of carboxylic acids is 1. The fourth-order valence-electron chi connectivity index (χ4n) is 1.97. The number of nitrogens with zero attached hydrogens (tertiary/aromatic N) is 1. The lowest BCUT2D eigenvalue weighted by atomic mass is 10.0. The second-order valence-corrected chi connectivity index (χ2v) is 5.66. The number of thiazole rings is 1. The highest BCUT2D eigenvalue weighted by atomic mass is 32.1. The maximum atomic E-state index is 11.9. The summed E-state index contributed by atoms with van der Waals surface area (Å²) >= 11 is 1.58. The molecule has 0 fully saturated rings. The first kappa shape index (κ1) is 15.2. The van der Waals surface area contributed by atoms with E-state index < -0.39 is 5.97 Å². The lowest BCUT2D eigenvalue weighted by Gasteiger charge is -2.07. The lowest BCUT2D eigenvalue weighted by molar-refractivity contribution is -0.120. The van der Waals surface area contributed by atoms with Gasteiger partial charge in [-0.15, -0.1) is 11.3 Å². The Balaban J connectivity index is 1.86. The van der Waals surface area contributed by atoms with Gasteiger partial charge in [0.25, 0.3) is 0 Å². The highest BCUT2D eigenvalue weighted by Crippen LogP contribution is 2.10. The molecule has 21 heavy (non-hydrogen) atoms. The minimum atomic E-state index is -1.02. The van der Waals surface area contributed by atoms with Crippen molar-refractivity contribution in [2.75, 3.05) is 6.54 Å². The third-order valence-corrected chi connectivity index (χ3v) is 3.79. The topological polar surface area (TPSA) is 79.3 Å². The largest absolute Gasteiger partial charge is 0.478 e. The fourth-order valence-corrected chi connectivity index (χ4v) is 2.62. The SMILES string of the molecule is Cc1nc(CCNC(=O)Cc2ccccc2C(=O)O)cs1. The van der Waals surface area contributed by atoms with Crippen LogP contribution in [0.4, 0.5) is 0 Å². The van der Waals surface area contributed by atoms with Gasteiger partial charge in [0.1, 0.15) is 0 Å². The third kappa shape index (κ3) is 4.39. The summed E-state index contributed by atoms with van der Waals surface area (Å²) in [6.07, 6.45) is 0.745. The molecule has 0 unspecified atom stereocenters. The number of amides is 1. The molecule has 2 aromatic rings. The predicted octanol–water partition coefficient (Wildman–Crippen LogP) is 2.05. The maximum absolute atomic E-state index is 11.9. The summed E-state index contributed by atoms with van der Waals surface area (Å²) in [5, 5.41) is 14.8. The van der Waals surface area contributed by atoms with Crippen LogP contribution in [0.15, 0.2) is 29.6 Å². The van der Waals surface area contributed by atoms with Crippen molar-refractivity contribution in [3.05, 3.63) is 51.5 Å². The zero-order chi connectivity index (χ0) is 15.2. The molecule has 0 radical (unpaired) electrons. The summed E-state index contributed by atoms with van der Waals surface area (Å²) in [5.74, 6) is -1.20.